The highest BCUT2D eigenvalue weighted by Gasteiger charge is 2.33. The third kappa shape index (κ3) is 4.72. The van der Waals surface area contributed by atoms with Gasteiger partial charge in [0.2, 0.25) is 0 Å². The number of hydrogen-bond donors (Lipinski definition) is 0. The van der Waals surface area contributed by atoms with Crippen LogP contribution in [-0.4, -0.2) is 36.0 Å². The molecule has 1 unspecified atom stereocenters. The first kappa shape index (κ1) is 19.1. The van der Waals surface area contributed by atoms with Crippen molar-refractivity contribution >= 4 is 29.3 Å². The molecule has 8 heteroatoms. The van der Waals surface area contributed by atoms with Gasteiger partial charge in [-0.05, 0) is 41.6 Å². The Morgan fingerprint density at radius 2 is 1.85 bits per heavy atom. The van der Waals surface area contributed by atoms with Crippen molar-refractivity contribution in [2.75, 3.05) is 19.7 Å². The Morgan fingerprint density at radius 3 is 2.54 bits per heavy atom. The number of carbonyl (C=O) groups is 1. The van der Waals surface area contributed by atoms with E-state index in [1.165, 1.54) is 23.1 Å². The van der Waals surface area contributed by atoms with Crippen LogP contribution in [0, 0.1) is 0 Å². The minimum absolute atomic E-state index is 0.0478. The van der Waals surface area contributed by atoms with E-state index in [0.29, 0.717) is 18.2 Å². The lowest BCUT2D eigenvalue weighted by Crippen LogP contribution is -2.42. The lowest BCUT2D eigenvalue weighted by Gasteiger charge is -2.33. The second-order valence-electron chi connectivity index (χ2n) is 5.71. The van der Waals surface area contributed by atoms with Gasteiger partial charge in [-0.3, -0.25) is 4.79 Å². The van der Waals surface area contributed by atoms with E-state index in [2.05, 4.69) is 0 Å². The predicted octanol–water partition coefficient (Wildman–Crippen LogP) is 5.17. The van der Waals surface area contributed by atoms with E-state index in [-0.39, 0.29) is 34.9 Å². The number of amides is 1. The minimum atomic E-state index is -4.45. The molecule has 1 heterocycles. The quantitative estimate of drug-likeness (QED) is 0.665. The molecule has 0 spiro atoms. The highest BCUT2D eigenvalue weighted by molar-refractivity contribution is 8.00. The van der Waals surface area contributed by atoms with Gasteiger partial charge in [-0.25, -0.2) is 0 Å². The summed E-state index contributed by atoms with van der Waals surface area (Å²) in [5.41, 5.74) is -3.54. The molecule has 0 aromatic heterocycles. The van der Waals surface area contributed by atoms with Crippen LogP contribution in [0.1, 0.15) is 22.0 Å². The summed E-state index contributed by atoms with van der Waals surface area (Å²) in [4.78, 5) is 14.2. The molecule has 2 aromatic carbocycles. The molecule has 0 bridgehead atoms. The van der Waals surface area contributed by atoms with Crippen LogP contribution in [0.5, 0.6) is 0 Å². The molecule has 1 saturated heterocycles. The first-order chi connectivity index (χ1) is 12.3. The molecule has 138 valence electrons. The molecule has 2 aromatic rings. The third-order valence-corrected chi connectivity index (χ3v) is 5.00. The normalized spacial score (nSPS) is 18.0. The fraction of sp³-hybridized carbons (Fsp3) is 0.278. The summed E-state index contributed by atoms with van der Waals surface area (Å²) < 4.78 is 44.0. The van der Waals surface area contributed by atoms with E-state index in [0.717, 1.165) is 5.56 Å². The van der Waals surface area contributed by atoms with E-state index >= 15 is 0 Å². The summed E-state index contributed by atoms with van der Waals surface area (Å²) in [5, 5.41) is 0.593. The van der Waals surface area contributed by atoms with Gasteiger partial charge in [-0.2, -0.15) is 13.2 Å². The Labute approximate surface area is 158 Å². The molecule has 1 fully saturated rings. The van der Waals surface area contributed by atoms with Gasteiger partial charge >= 0.3 is 5.51 Å². The minimum Gasteiger partial charge on any atom is -0.370 e. The number of nitrogens with zero attached hydrogens (tertiary/aromatic N) is 1. The monoisotopic (exact) mass is 401 g/mol. The zero-order valence-electron chi connectivity index (χ0n) is 13.5. The number of thioether (sulfide) groups is 1. The van der Waals surface area contributed by atoms with Gasteiger partial charge < -0.3 is 9.64 Å². The van der Waals surface area contributed by atoms with E-state index in [1.54, 1.807) is 18.2 Å². The van der Waals surface area contributed by atoms with Crippen molar-refractivity contribution < 1.29 is 22.7 Å². The van der Waals surface area contributed by atoms with Gasteiger partial charge in [0.25, 0.3) is 5.91 Å². The van der Waals surface area contributed by atoms with E-state index < -0.39 is 11.4 Å². The van der Waals surface area contributed by atoms with Crippen LogP contribution >= 0.6 is 23.4 Å². The Morgan fingerprint density at radius 1 is 1.15 bits per heavy atom. The third-order valence-electron chi connectivity index (χ3n) is 3.94. The predicted molar refractivity (Wildman–Crippen MR) is 94.4 cm³/mol. The summed E-state index contributed by atoms with van der Waals surface area (Å²) in [6, 6.07) is 12.9. The number of ether oxygens (including phenoxy) is 1. The SMILES string of the molecule is O=C(c1ccccc1SC(F)(F)F)N1CCOC(c2ccc(Cl)cc2)C1. The zero-order valence-corrected chi connectivity index (χ0v) is 15.1. The van der Waals surface area contributed by atoms with Gasteiger partial charge in [-0.15, -0.1) is 0 Å². The molecule has 0 N–H and O–H groups in total. The number of alkyl halides is 3. The van der Waals surface area contributed by atoms with Crippen molar-refractivity contribution in [3.63, 3.8) is 0 Å². The van der Waals surface area contributed by atoms with Crippen LogP contribution in [0.3, 0.4) is 0 Å². The van der Waals surface area contributed by atoms with Crippen LogP contribution in [0.2, 0.25) is 5.02 Å². The van der Waals surface area contributed by atoms with Crippen molar-refractivity contribution in [3.8, 4) is 0 Å². The number of carbonyl (C=O) groups excluding carboxylic acids is 1. The highest BCUT2D eigenvalue weighted by atomic mass is 35.5. The summed E-state index contributed by atoms with van der Waals surface area (Å²) >= 11 is 5.61. The molecule has 26 heavy (non-hydrogen) atoms. The van der Waals surface area contributed by atoms with Crippen LogP contribution < -0.4 is 0 Å². The summed E-state index contributed by atoms with van der Waals surface area (Å²) in [7, 11) is 0. The molecule has 0 radical (unpaired) electrons. The number of morpholine rings is 1. The summed E-state index contributed by atoms with van der Waals surface area (Å²) in [5.74, 6) is -0.431. The van der Waals surface area contributed by atoms with Gasteiger partial charge in [-0.1, -0.05) is 35.9 Å². The Kier molecular flexibility index (Phi) is 5.79. The van der Waals surface area contributed by atoms with Crippen molar-refractivity contribution in [3.05, 3.63) is 64.7 Å². The topological polar surface area (TPSA) is 29.5 Å². The second kappa shape index (κ2) is 7.90. The molecule has 3 rings (SSSR count). The highest BCUT2D eigenvalue weighted by Crippen LogP contribution is 2.39. The Hall–Kier alpha value is -1.70. The average Bonchev–Trinajstić information content (AvgIpc) is 2.61. The Bertz CT molecular complexity index is 783. The van der Waals surface area contributed by atoms with Crippen molar-refractivity contribution in [2.24, 2.45) is 0 Å². The van der Waals surface area contributed by atoms with Crippen LogP contribution in [0.25, 0.3) is 0 Å². The Balaban J connectivity index is 1.78. The van der Waals surface area contributed by atoms with Crippen LogP contribution in [-0.2, 0) is 4.74 Å². The van der Waals surface area contributed by atoms with Gasteiger partial charge in [0.05, 0.1) is 18.7 Å². The van der Waals surface area contributed by atoms with E-state index in [4.69, 9.17) is 16.3 Å². The smallest absolute Gasteiger partial charge is 0.370 e. The largest absolute Gasteiger partial charge is 0.446 e. The van der Waals surface area contributed by atoms with E-state index in [1.807, 2.05) is 12.1 Å². The zero-order chi connectivity index (χ0) is 18.7. The molecule has 1 amide bonds. The lowest BCUT2D eigenvalue weighted by molar-refractivity contribution is -0.0329. The molecule has 1 aliphatic heterocycles. The standard InChI is InChI=1S/C18H15ClF3NO2S/c19-13-7-5-12(6-8-13)15-11-23(9-10-25-15)17(24)14-3-1-2-4-16(14)26-18(20,21)22/h1-8,15H,9-11H2. The van der Waals surface area contributed by atoms with Gasteiger partial charge in [0, 0.05) is 16.5 Å². The molecular formula is C18H15ClF3NO2S. The number of halogens is 4. The number of rotatable bonds is 3. The number of benzene rings is 2. The number of hydrogen-bond acceptors (Lipinski definition) is 3. The molecule has 0 aliphatic carbocycles. The molecule has 0 saturated carbocycles. The van der Waals surface area contributed by atoms with Crippen molar-refractivity contribution in [1.29, 1.82) is 0 Å². The molecule has 1 aliphatic rings. The van der Waals surface area contributed by atoms with Crippen LogP contribution in [0.4, 0.5) is 13.2 Å². The van der Waals surface area contributed by atoms with Crippen LogP contribution in [0.15, 0.2) is 53.4 Å². The summed E-state index contributed by atoms with van der Waals surface area (Å²) in [6.45, 7) is 0.910. The molecular weight excluding hydrogens is 387 g/mol. The fourth-order valence-electron chi connectivity index (χ4n) is 2.74. The van der Waals surface area contributed by atoms with E-state index in [9.17, 15) is 18.0 Å². The second-order valence-corrected chi connectivity index (χ2v) is 7.25. The maximum absolute atomic E-state index is 12.8. The fourth-order valence-corrected chi connectivity index (χ4v) is 3.53. The van der Waals surface area contributed by atoms with Gasteiger partial charge in [0.1, 0.15) is 6.10 Å². The molecule has 1 atom stereocenters. The summed E-state index contributed by atoms with van der Waals surface area (Å²) in [6.07, 6.45) is -0.340. The van der Waals surface area contributed by atoms with Crippen molar-refractivity contribution in [1.82, 2.24) is 4.90 Å². The van der Waals surface area contributed by atoms with Gasteiger partial charge in [0.15, 0.2) is 0 Å². The first-order valence-electron chi connectivity index (χ1n) is 7.84. The lowest BCUT2D eigenvalue weighted by atomic mass is 10.1. The van der Waals surface area contributed by atoms with Crippen molar-refractivity contribution in [2.45, 2.75) is 16.5 Å². The maximum Gasteiger partial charge on any atom is 0.446 e. The molecule has 3 nitrogen and oxygen atoms in total. The first-order valence-corrected chi connectivity index (χ1v) is 9.04. The average molecular weight is 402 g/mol. The maximum atomic E-state index is 12.8.